The molecule has 2 aliphatic heterocycles. The van der Waals surface area contributed by atoms with E-state index in [1.807, 2.05) is 50.5 Å². The minimum absolute atomic E-state index is 0.0885. The summed E-state index contributed by atoms with van der Waals surface area (Å²) in [4.78, 5) is 39.0. The number of hydrogen-bond acceptors (Lipinski definition) is 8. The summed E-state index contributed by atoms with van der Waals surface area (Å²) in [5, 5.41) is 27.2. The van der Waals surface area contributed by atoms with E-state index in [9.17, 15) is 24.2 Å². The first-order valence-electron chi connectivity index (χ1n) is 18.7. The molecule has 2 amide bonds. The van der Waals surface area contributed by atoms with Crippen LogP contribution in [0, 0.1) is 11.2 Å². The van der Waals surface area contributed by atoms with Crippen molar-refractivity contribution in [3.8, 4) is 11.3 Å². The number of allylic oxidation sites excluding steroid dienone is 2. The lowest BCUT2D eigenvalue weighted by Crippen LogP contribution is -2.57. The molecule has 4 heterocycles. The van der Waals surface area contributed by atoms with Gasteiger partial charge in [0.25, 0.3) is 11.8 Å². The number of aliphatic hydroxyl groups is 2. The molecule has 0 radical (unpaired) electrons. The van der Waals surface area contributed by atoms with Gasteiger partial charge in [-0.15, -0.1) is 0 Å². The van der Waals surface area contributed by atoms with E-state index in [-0.39, 0.29) is 40.9 Å². The van der Waals surface area contributed by atoms with Crippen LogP contribution in [-0.4, -0.2) is 76.7 Å². The van der Waals surface area contributed by atoms with Crippen LogP contribution in [0.5, 0.6) is 0 Å². The molecule has 3 aromatic carbocycles. The third-order valence-corrected chi connectivity index (χ3v) is 10.9. The van der Waals surface area contributed by atoms with Crippen molar-refractivity contribution in [2.45, 2.75) is 45.6 Å². The zero-order chi connectivity index (χ0) is 38.9. The smallest absolute Gasteiger partial charge is 0.258 e. The van der Waals surface area contributed by atoms with Crippen LogP contribution in [0.3, 0.4) is 0 Å². The second kappa shape index (κ2) is 15.3. The first-order valence-corrected chi connectivity index (χ1v) is 18.7. The Morgan fingerprint density at radius 2 is 1.87 bits per heavy atom. The van der Waals surface area contributed by atoms with Gasteiger partial charge in [0, 0.05) is 67.8 Å². The van der Waals surface area contributed by atoms with E-state index in [4.69, 9.17) is 4.42 Å². The minimum atomic E-state index is -1.69. The lowest BCUT2D eigenvalue weighted by atomic mass is 9.74. The maximum Gasteiger partial charge on any atom is 0.258 e. The zero-order valence-corrected chi connectivity index (χ0v) is 31.6. The summed E-state index contributed by atoms with van der Waals surface area (Å²) < 4.78 is 20.8. The normalized spacial score (nSPS) is 16.8. The van der Waals surface area contributed by atoms with Gasteiger partial charge in [-0.3, -0.25) is 14.5 Å². The average Bonchev–Trinajstić information content (AvgIpc) is 3.78. The second-order valence-corrected chi connectivity index (χ2v) is 14.8. The summed E-state index contributed by atoms with van der Waals surface area (Å²) in [5.74, 6) is 0.0201. The number of nitrogens with one attached hydrogen (secondary N) is 3. The van der Waals surface area contributed by atoms with E-state index in [2.05, 4.69) is 32.4 Å². The monoisotopic (exact) mass is 746 g/mol. The largest absolute Gasteiger partial charge is 0.457 e. The fourth-order valence-electron chi connectivity index (χ4n) is 7.73. The molecule has 2 aliphatic rings. The van der Waals surface area contributed by atoms with Gasteiger partial charge < -0.3 is 35.1 Å². The number of H-pyrrole nitrogens is 1. The van der Waals surface area contributed by atoms with Crippen molar-refractivity contribution in [1.82, 2.24) is 20.2 Å². The van der Waals surface area contributed by atoms with Gasteiger partial charge in [-0.2, -0.15) is 0 Å². The van der Waals surface area contributed by atoms with Crippen molar-refractivity contribution in [1.29, 1.82) is 0 Å². The third-order valence-electron chi connectivity index (χ3n) is 10.9. The molecule has 0 saturated carbocycles. The molecular weight excluding hydrogens is 700 g/mol. The third kappa shape index (κ3) is 7.45. The summed E-state index contributed by atoms with van der Waals surface area (Å²) in [7, 11) is 1.82. The van der Waals surface area contributed by atoms with Crippen molar-refractivity contribution in [3.05, 3.63) is 125 Å². The van der Waals surface area contributed by atoms with Crippen LogP contribution in [0.2, 0.25) is 0 Å². The predicted molar refractivity (Wildman–Crippen MR) is 211 cm³/mol. The number of amides is 2. The highest BCUT2D eigenvalue weighted by Gasteiger charge is 2.41. The Morgan fingerprint density at radius 1 is 1.11 bits per heavy atom. The zero-order valence-electron chi connectivity index (χ0n) is 31.6. The van der Waals surface area contributed by atoms with E-state index >= 15 is 0 Å². The lowest BCUT2D eigenvalue weighted by molar-refractivity contribution is -0.113. The Kier molecular flexibility index (Phi) is 10.5. The Hall–Kier alpha value is -5.56. The molecule has 55 heavy (non-hydrogen) atoms. The van der Waals surface area contributed by atoms with Crippen LogP contribution < -0.4 is 15.5 Å². The number of halogens is 1. The molecule has 286 valence electrons. The highest BCUT2D eigenvalue weighted by molar-refractivity contribution is 6.09. The number of rotatable bonds is 12. The molecule has 5 N–H and O–H groups in total. The topological polar surface area (TPSA) is 147 Å². The summed E-state index contributed by atoms with van der Waals surface area (Å²) in [5.41, 5.74) is 3.72. The summed E-state index contributed by atoms with van der Waals surface area (Å²) >= 11 is 0. The van der Waals surface area contributed by atoms with E-state index in [1.54, 1.807) is 54.3 Å². The van der Waals surface area contributed by atoms with Crippen LogP contribution in [0.4, 0.5) is 15.8 Å². The van der Waals surface area contributed by atoms with Gasteiger partial charge in [0.2, 0.25) is 0 Å². The maximum atomic E-state index is 14.4. The molecule has 1 atom stereocenters. The van der Waals surface area contributed by atoms with Crippen molar-refractivity contribution in [2.24, 2.45) is 5.41 Å². The quantitative estimate of drug-likeness (QED) is 0.0719. The van der Waals surface area contributed by atoms with Crippen LogP contribution >= 0.6 is 0 Å². The van der Waals surface area contributed by atoms with E-state index < -0.39 is 11.4 Å². The molecule has 5 aromatic rings. The van der Waals surface area contributed by atoms with Gasteiger partial charge in [0.1, 0.15) is 22.9 Å². The van der Waals surface area contributed by atoms with Crippen LogP contribution in [0.25, 0.3) is 22.4 Å². The molecule has 0 bridgehead atoms. The van der Waals surface area contributed by atoms with Crippen molar-refractivity contribution >= 4 is 34.2 Å². The molecule has 2 aromatic heterocycles. The fourth-order valence-corrected chi connectivity index (χ4v) is 7.73. The number of para-hydroxylation sites is 2. The average molecular weight is 747 g/mol. The fraction of sp³-hybridized carbons (Fsp3) is 0.326. The Bertz CT molecular complexity index is 2280. The molecule has 1 saturated heterocycles. The van der Waals surface area contributed by atoms with Crippen molar-refractivity contribution < 1.29 is 28.6 Å². The second-order valence-electron chi connectivity index (χ2n) is 14.8. The molecule has 7 rings (SSSR count). The summed E-state index contributed by atoms with van der Waals surface area (Å²) in [6.45, 7) is 8.27. The number of carbonyl (C=O) groups is 2. The van der Waals surface area contributed by atoms with Gasteiger partial charge in [0.15, 0.2) is 11.4 Å². The van der Waals surface area contributed by atoms with Crippen molar-refractivity contribution in [2.75, 3.05) is 50.1 Å². The number of anilines is 2. The Morgan fingerprint density at radius 3 is 2.58 bits per heavy atom. The molecule has 0 aliphatic carbocycles. The van der Waals surface area contributed by atoms with E-state index in [1.165, 1.54) is 6.07 Å². The molecule has 1 unspecified atom stereocenters. The number of benzene rings is 3. The number of likely N-dealkylation sites (tertiary alicyclic amines) is 1. The van der Waals surface area contributed by atoms with Crippen molar-refractivity contribution in [3.63, 3.8) is 0 Å². The number of nitrogens with zero attached hydrogens (tertiary/aromatic N) is 3. The van der Waals surface area contributed by atoms with E-state index in [0.29, 0.717) is 58.9 Å². The predicted octanol–water partition coefficient (Wildman–Crippen LogP) is 6.50. The number of furan rings is 1. The molecule has 0 spiro atoms. The van der Waals surface area contributed by atoms with Crippen LogP contribution in [-0.2, 0) is 16.8 Å². The first kappa shape index (κ1) is 37.7. The summed E-state index contributed by atoms with van der Waals surface area (Å²) in [6, 6.07) is 20.7. The number of hydrogen-bond donors (Lipinski definition) is 5. The van der Waals surface area contributed by atoms with Gasteiger partial charge in [0.05, 0.1) is 11.2 Å². The first-order chi connectivity index (χ1) is 26.4. The Labute approximate surface area is 319 Å². The minimum Gasteiger partial charge on any atom is -0.457 e. The highest BCUT2D eigenvalue weighted by Crippen LogP contribution is 2.42. The molecular formula is C43H47FN6O5. The number of imidazole rings is 1. The lowest BCUT2D eigenvalue weighted by Gasteiger charge is -2.50. The van der Waals surface area contributed by atoms with Gasteiger partial charge in [-0.05, 0) is 111 Å². The SMILES string of the molecule is CCC1(CCO)CN(C/C(=C\C(C)=C/NC)C(=O)Nc2ccc(C(=O)N3CCc4cc(C(C)(O)c5nc6c(F)cccc6[nH]5)oc4-c4ccccc43)cc2)C1. The van der Waals surface area contributed by atoms with Gasteiger partial charge >= 0.3 is 0 Å². The Balaban J connectivity index is 1.08. The number of aromatic amines is 1. The molecule has 12 heteroatoms. The molecule has 1 fully saturated rings. The van der Waals surface area contributed by atoms with Crippen LogP contribution in [0.1, 0.15) is 61.1 Å². The van der Waals surface area contributed by atoms with Gasteiger partial charge in [-0.1, -0.05) is 25.1 Å². The number of aromatic nitrogens is 2. The highest BCUT2D eigenvalue weighted by atomic mass is 19.1. The molecule has 11 nitrogen and oxygen atoms in total. The number of aliphatic hydroxyl groups excluding tert-OH is 1. The van der Waals surface area contributed by atoms with E-state index in [0.717, 1.165) is 37.1 Å². The maximum absolute atomic E-state index is 14.4. The number of fused-ring (bicyclic) bond motifs is 4. The van der Waals surface area contributed by atoms with Gasteiger partial charge in [-0.25, -0.2) is 9.37 Å². The standard InChI is InChI=1S/C43H47FN6O5/c1-5-43(18-20-51)25-49(26-43)24-30(21-27(2)23-45-4)39(52)46-31-15-13-28(14-16-31)40(53)50-19-17-29-22-36(55-38(29)32-9-6-7-12-35(32)50)42(3,54)41-47-34-11-8-10-33(44)37(34)48-41/h6-16,21-23,45,51,54H,5,17-20,24-26H2,1-4H3,(H,46,52)(H,47,48)/b27-23-,30-21+. The number of carbonyl (C=O) groups excluding carboxylic acids is 2. The van der Waals surface area contributed by atoms with Crippen LogP contribution in [0.15, 0.2) is 101 Å². The summed E-state index contributed by atoms with van der Waals surface area (Å²) in [6.07, 6.45) is 5.90.